The van der Waals surface area contributed by atoms with E-state index in [1.807, 2.05) is 6.07 Å². The summed E-state index contributed by atoms with van der Waals surface area (Å²) in [4.78, 5) is 19.2. The molecule has 0 aliphatic carbocycles. The molecule has 0 bridgehead atoms. The monoisotopic (exact) mass is 285 g/mol. The Hall–Kier alpha value is -2.26. The molecule has 6 heteroatoms. The zero-order chi connectivity index (χ0) is 14.8. The molecule has 3 rings (SSSR count). The topological polar surface area (TPSA) is 55.1 Å². The van der Waals surface area contributed by atoms with Crippen molar-refractivity contribution < 1.29 is 0 Å². The van der Waals surface area contributed by atoms with Crippen molar-refractivity contribution in [2.24, 2.45) is 7.05 Å². The van der Waals surface area contributed by atoms with Crippen molar-refractivity contribution in [2.45, 2.75) is 13.5 Å². The van der Waals surface area contributed by atoms with E-state index >= 15 is 0 Å². The Kier molecular flexibility index (Phi) is 3.67. The van der Waals surface area contributed by atoms with Gasteiger partial charge in [0.25, 0.3) is 0 Å². The maximum Gasteiger partial charge on any atom is 0.329 e. The molecule has 2 aromatic heterocycles. The normalized spacial score (nSPS) is 15.0. The standard InChI is InChI=1S/C15H19N5O/c1-3-4-9-20-13-12(18(2)15(20)21)5-6-17-14(13)19-10-7-16-8-11-19/h5-6,16H,7-11H2,1-2H3. The SMILES string of the molecule is CC#CCn1c(=O)n(C)c2ccnc(N3CCNCC3)c21. The van der Waals surface area contributed by atoms with Gasteiger partial charge in [-0.2, -0.15) is 0 Å². The fourth-order valence-electron chi connectivity index (χ4n) is 2.76. The third-order valence-corrected chi connectivity index (χ3v) is 3.86. The molecule has 1 aliphatic heterocycles. The number of aromatic nitrogens is 3. The quantitative estimate of drug-likeness (QED) is 0.799. The zero-order valence-electron chi connectivity index (χ0n) is 12.4. The smallest absolute Gasteiger partial charge is 0.329 e. The lowest BCUT2D eigenvalue weighted by atomic mass is 10.3. The van der Waals surface area contributed by atoms with Crippen molar-refractivity contribution in [1.82, 2.24) is 19.4 Å². The molecule has 1 N–H and O–H groups in total. The van der Waals surface area contributed by atoms with Gasteiger partial charge in [-0.05, 0) is 13.0 Å². The molecule has 1 saturated heterocycles. The molecule has 1 aliphatic rings. The Morgan fingerprint density at radius 2 is 2.14 bits per heavy atom. The van der Waals surface area contributed by atoms with E-state index < -0.39 is 0 Å². The number of pyridine rings is 1. The second-order valence-electron chi connectivity index (χ2n) is 5.09. The van der Waals surface area contributed by atoms with E-state index in [1.54, 1.807) is 29.3 Å². The molecular formula is C15H19N5O. The summed E-state index contributed by atoms with van der Waals surface area (Å²) in [5.41, 5.74) is 1.74. The second-order valence-corrected chi connectivity index (χ2v) is 5.09. The minimum Gasteiger partial charge on any atom is -0.352 e. The summed E-state index contributed by atoms with van der Waals surface area (Å²) in [5, 5.41) is 3.33. The predicted octanol–water partition coefficient (Wildman–Crippen LogP) is 0.168. The Bertz CT molecular complexity index is 771. The summed E-state index contributed by atoms with van der Waals surface area (Å²) in [5.74, 6) is 6.71. The highest BCUT2D eigenvalue weighted by atomic mass is 16.1. The van der Waals surface area contributed by atoms with Gasteiger partial charge in [-0.15, -0.1) is 5.92 Å². The predicted molar refractivity (Wildman–Crippen MR) is 83.5 cm³/mol. The first-order chi connectivity index (χ1) is 10.2. The fourth-order valence-corrected chi connectivity index (χ4v) is 2.76. The van der Waals surface area contributed by atoms with Crippen molar-refractivity contribution in [3.63, 3.8) is 0 Å². The van der Waals surface area contributed by atoms with Gasteiger partial charge in [0.2, 0.25) is 0 Å². The molecule has 2 aromatic rings. The Morgan fingerprint density at radius 1 is 1.38 bits per heavy atom. The van der Waals surface area contributed by atoms with E-state index in [2.05, 4.69) is 27.0 Å². The summed E-state index contributed by atoms with van der Waals surface area (Å²) < 4.78 is 3.39. The highest BCUT2D eigenvalue weighted by molar-refractivity contribution is 5.87. The minimum atomic E-state index is -0.0443. The van der Waals surface area contributed by atoms with Gasteiger partial charge in [-0.1, -0.05) is 5.92 Å². The number of piperazine rings is 1. The molecule has 21 heavy (non-hydrogen) atoms. The third kappa shape index (κ3) is 2.30. The fraction of sp³-hybridized carbons (Fsp3) is 0.467. The summed E-state index contributed by atoms with van der Waals surface area (Å²) in [6, 6.07) is 1.89. The lowest BCUT2D eigenvalue weighted by Gasteiger charge is -2.28. The first-order valence-electron chi connectivity index (χ1n) is 7.13. The Balaban J connectivity index is 2.21. The number of anilines is 1. The molecular weight excluding hydrogens is 266 g/mol. The van der Waals surface area contributed by atoms with Gasteiger partial charge < -0.3 is 10.2 Å². The number of nitrogens with one attached hydrogen (secondary N) is 1. The maximum atomic E-state index is 12.4. The summed E-state index contributed by atoms with van der Waals surface area (Å²) >= 11 is 0. The molecule has 0 aromatic carbocycles. The number of rotatable bonds is 2. The molecule has 0 spiro atoms. The van der Waals surface area contributed by atoms with Crippen LogP contribution in [0.2, 0.25) is 0 Å². The van der Waals surface area contributed by atoms with Gasteiger partial charge in [0.05, 0.1) is 12.1 Å². The molecule has 0 amide bonds. The Labute approximate surface area is 123 Å². The van der Waals surface area contributed by atoms with Crippen LogP contribution in [-0.4, -0.2) is 40.3 Å². The van der Waals surface area contributed by atoms with Gasteiger partial charge in [0, 0.05) is 39.4 Å². The van der Waals surface area contributed by atoms with Crippen LogP contribution in [0.15, 0.2) is 17.1 Å². The number of fused-ring (bicyclic) bond motifs is 1. The molecule has 3 heterocycles. The van der Waals surface area contributed by atoms with Crippen LogP contribution in [0.5, 0.6) is 0 Å². The number of hydrogen-bond donors (Lipinski definition) is 1. The minimum absolute atomic E-state index is 0.0443. The molecule has 0 unspecified atom stereocenters. The van der Waals surface area contributed by atoms with E-state index in [0.29, 0.717) is 6.54 Å². The second kappa shape index (κ2) is 5.62. The van der Waals surface area contributed by atoms with Crippen LogP contribution in [0.25, 0.3) is 11.0 Å². The molecule has 0 atom stereocenters. The molecule has 6 nitrogen and oxygen atoms in total. The van der Waals surface area contributed by atoms with Crippen molar-refractivity contribution in [2.75, 3.05) is 31.1 Å². The largest absolute Gasteiger partial charge is 0.352 e. The maximum absolute atomic E-state index is 12.4. The molecule has 1 fully saturated rings. The van der Waals surface area contributed by atoms with E-state index in [0.717, 1.165) is 43.0 Å². The van der Waals surface area contributed by atoms with E-state index in [4.69, 9.17) is 0 Å². The number of aryl methyl sites for hydroxylation is 1. The number of imidazole rings is 1. The highest BCUT2D eigenvalue weighted by Gasteiger charge is 2.20. The van der Waals surface area contributed by atoms with Gasteiger partial charge in [-0.25, -0.2) is 9.78 Å². The van der Waals surface area contributed by atoms with Crippen molar-refractivity contribution >= 4 is 16.9 Å². The van der Waals surface area contributed by atoms with E-state index in [-0.39, 0.29) is 5.69 Å². The average Bonchev–Trinajstić information content (AvgIpc) is 2.78. The lowest BCUT2D eigenvalue weighted by Crippen LogP contribution is -2.44. The zero-order valence-corrected chi connectivity index (χ0v) is 12.4. The summed E-state index contributed by atoms with van der Waals surface area (Å²) in [6.45, 7) is 5.85. The van der Waals surface area contributed by atoms with Gasteiger partial charge in [0.15, 0.2) is 5.82 Å². The first-order valence-corrected chi connectivity index (χ1v) is 7.13. The highest BCUT2D eigenvalue weighted by Crippen LogP contribution is 2.23. The third-order valence-electron chi connectivity index (χ3n) is 3.86. The number of nitrogens with zero attached hydrogens (tertiary/aromatic N) is 4. The molecule has 110 valence electrons. The molecule has 0 saturated carbocycles. The van der Waals surface area contributed by atoms with Crippen LogP contribution < -0.4 is 15.9 Å². The number of hydrogen-bond acceptors (Lipinski definition) is 4. The van der Waals surface area contributed by atoms with Crippen LogP contribution in [0, 0.1) is 11.8 Å². The van der Waals surface area contributed by atoms with E-state index in [9.17, 15) is 4.79 Å². The van der Waals surface area contributed by atoms with E-state index in [1.165, 1.54) is 0 Å². The average molecular weight is 285 g/mol. The van der Waals surface area contributed by atoms with Crippen molar-refractivity contribution in [3.8, 4) is 11.8 Å². The van der Waals surface area contributed by atoms with Gasteiger partial charge >= 0.3 is 5.69 Å². The van der Waals surface area contributed by atoms with Crippen LogP contribution >= 0.6 is 0 Å². The summed E-state index contributed by atoms with van der Waals surface area (Å²) in [7, 11) is 1.79. The molecule has 0 radical (unpaired) electrons. The van der Waals surface area contributed by atoms with Gasteiger partial charge in [-0.3, -0.25) is 9.13 Å². The summed E-state index contributed by atoms with van der Waals surface area (Å²) in [6.07, 6.45) is 1.77. The van der Waals surface area contributed by atoms with Crippen LogP contribution in [-0.2, 0) is 13.6 Å². The van der Waals surface area contributed by atoms with Crippen LogP contribution in [0.4, 0.5) is 5.82 Å². The van der Waals surface area contributed by atoms with Gasteiger partial charge in [0.1, 0.15) is 5.52 Å². The van der Waals surface area contributed by atoms with Crippen molar-refractivity contribution in [3.05, 3.63) is 22.7 Å². The Morgan fingerprint density at radius 3 is 2.86 bits per heavy atom. The first kappa shape index (κ1) is 13.7. The van der Waals surface area contributed by atoms with Crippen molar-refractivity contribution in [1.29, 1.82) is 0 Å². The van der Waals surface area contributed by atoms with Crippen LogP contribution in [0.1, 0.15) is 6.92 Å². The van der Waals surface area contributed by atoms with Crippen LogP contribution in [0.3, 0.4) is 0 Å². The lowest BCUT2D eigenvalue weighted by molar-refractivity contribution is 0.585.